The van der Waals surface area contributed by atoms with Gasteiger partial charge < -0.3 is 9.47 Å². The maximum absolute atomic E-state index is 13.2. The van der Waals surface area contributed by atoms with E-state index in [0.29, 0.717) is 35.1 Å². The number of benzene rings is 2. The van der Waals surface area contributed by atoms with E-state index in [9.17, 15) is 9.59 Å². The lowest BCUT2D eigenvalue weighted by molar-refractivity contribution is -0.119. The van der Waals surface area contributed by atoms with Gasteiger partial charge in [0.1, 0.15) is 0 Å². The second kappa shape index (κ2) is 6.67. The molecule has 1 aliphatic carbocycles. The molecule has 2 heterocycles. The number of rotatable bonds is 2. The second-order valence-corrected chi connectivity index (χ2v) is 7.59. The molecule has 0 fully saturated rings. The van der Waals surface area contributed by atoms with Crippen molar-refractivity contribution >= 4 is 29.0 Å². The third kappa shape index (κ3) is 2.69. The van der Waals surface area contributed by atoms with Crippen LogP contribution in [0.25, 0.3) is 0 Å². The monoisotopic (exact) mass is 395 g/mol. The van der Waals surface area contributed by atoms with E-state index in [1.807, 2.05) is 36.4 Å². The largest absolute Gasteiger partial charge is 0.454 e. The summed E-state index contributed by atoms with van der Waals surface area (Å²) in [5.74, 6) is 1.12. The molecule has 5 nitrogen and oxygen atoms in total. The van der Waals surface area contributed by atoms with Crippen LogP contribution in [0.5, 0.6) is 11.5 Å². The number of hydrogen-bond acceptors (Lipinski definition) is 4. The molecule has 1 amide bonds. The number of carbonyl (C=O) groups is 2. The summed E-state index contributed by atoms with van der Waals surface area (Å²) in [6.45, 7) is 0.190. The fraction of sp³-hybridized carbons (Fsp3) is 0.273. The molecule has 6 heteroatoms. The standard InChI is InChI=1S/C22H18ClNO4/c23-15-4-1-2-5-16(15)24-17-6-3-7-18(25)22(17)14(11-21(24)26)13-8-9-19-20(10-13)28-12-27-19/h1-2,4-5,8-10,14H,3,6-7,11-12H2. The first-order chi connectivity index (χ1) is 13.6. The molecule has 2 aromatic rings. The van der Waals surface area contributed by atoms with Gasteiger partial charge in [0.05, 0.1) is 10.7 Å². The highest BCUT2D eigenvalue weighted by atomic mass is 35.5. The number of anilines is 1. The fourth-order valence-corrected chi connectivity index (χ4v) is 4.54. The zero-order valence-corrected chi connectivity index (χ0v) is 15.9. The molecule has 28 heavy (non-hydrogen) atoms. The van der Waals surface area contributed by atoms with Crippen LogP contribution >= 0.6 is 11.6 Å². The molecule has 0 aromatic heterocycles. The lowest BCUT2D eigenvalue weighted by Crippen LogP contribution is -2.40. The van der Waals surface area contributed by atoms with Crippen LogP contribution in [0.1, 0.15) is 37.2 Å². The molecule has 0 saturated heterocycles. The fourth-order valence-electron chi connectivity index (χ4n) is 4.32. The molecule has 0 saturated carbocycles. The molecule has 2 aliphatic heterocycles. The minimum absolute atomic E-state index is 0.0517. The number of ether oxygens (including phenoxy) is 2. The molecule has 1 unspecified atom stereocenters. The number of allylic oxidation sites excluding steroid dienone is 2. The Balaban J connectivity index is 1.65. The molecule has 0 N–H and O–H groups in total. The summed E-state index contributed by atoms with van der Waals surface area (Å²) in [7, 11) is 0. The third-order valence-electron chi connectivity index (χ3n) is 5.57. The molecular formula is C22H18ClNO4. The van der Waals surface area contributed by atoms with Gasteiger partial charge in [-0.25, -0.2) is 0 Å². The van der Waals surface area contributed by atoms with Gasteiger partial charge in [-0.05, 0) is 42.7 Å². The molecule has 2 aromatic carbocycles. The van der Waals surface area contributed by atoms with E-state index in [-0.39, 0.29) is 30.8 Å². The number of ketones is 1. The Morgan fingerprint density at radius 2 is 1.82 bits per heavy atom. The lowest BCUT2D eigenvalue weighted by Gasteiger charge is -2.38. The molecule has 0 spiro atoms. The van der Waals surface area contributed by atoms with Gasteiger partial charge in [-0.3, -0.25) is 14.5 Å². The van der Waals surface area contributed by atoms with E-state index in [1.165, 1.54) is 0 Å². The first-order valence-electron chi connectivity index (χ1n) is 9.37. The Labute approximate surface area is 167 Å². The van der Waals surface area contributed by atoms with Gasteiger partial charge in [-0.15, -0.1) is 0 Å². The summed E-state index contributed by atoms with van der Waals surface area (Å²) in [6.07, 6.45) is 2.14. The van der Waals surface area contributed by atoms with Crippen LogP contribution in [0.2, 0.25) is 5.02 Å². The van der Waals surface area contributed by atoms with E-state index < -0.39 is 0 Å². The number of hydrogen-bond donors (Lipinski definition) is 0. The molecular weight excluding hydrogens is 378 g/mol. The molecule has 3 aliphatic rings. The minimum atomic E-state index is -0.275. The quantitative estimate of drug-likeness (QED) is 0.745. The Morgan fingerprint density at radius 1 is 1.00 bits per heavy atom. The topological polar surface area (TPSA) is 55.8 Å². The van der Waals surface area contributed by atoms with Crippen LogP contribution in [0.3, 0.4) is 0 Å². The van der Waals surface area contributed by atoms with E-state index in [0.717, 1.165) is 23.3 Å². The summed E-state index contributed by atoms with van der Waals surface area (Å²) < 4.78 is 10.9. The van der Waals surface area contributed by atoms with E-state index in [1.54, 1.807) is 11.0 Å². The average molecular weight is 396 g/mol. The van der Waals surface area contributed by atoms with Crippen molar-refractivity contribution in [1.82, 2.24) is 0 Å². The maximum Gasteiger partial charge on any atom is 0.232 e. The highest BCUT2D eigenvalue weighted by molar-refractivity contribution is 6.34. The summed E-state index contributed by atoms with van der Waals surface area (Å²) in [5, 5.41) is 0.502. The summed E-state index contributed by atoms with van der Waals surface area (Å²) >= 11 is 6.38. The number of Topliss-reactive ketones (excluding diaryl/α,β-unsaturated/α-hetero) is 1. The van der Waals surface area contributed by atoms with E-state index >= 15 is 0 Å². The Morgan fingerprint density at radius 3 is 2.68 bits per heavy atom. The van der Waals surface area contributed by atoms with Gasteiger partial charge in [0.2, 0.25) is 12.7 Å². The number of halogens is 1. The van der Waals surface area contributed by atoms with Crippen LogP contribution in [-0.4, -0.2) is 18.5 Å². The first-order valence-corrected chi connectivity index (χ1v) is 9.74. The van der Waals surface area contributed by atoms with Crippen molar-refractivity contribution in [1.29, 1.82) is 0 Å². The zero-order valence-electron chi connectivity index (χ0n) is 15.1. The van der Waals surface area contributed by atoms with Gasteiger partial charge in [-0.2, -0.15) is 0 Å². The number of nitrogens with zero attached hydrogens (tertiary/aromatic N) is 1. The van der Waals surface area contributed by atoms with Crippen molar-refractivity contribution in [3.05, 3.63) is 64.3 Å². The maximum atomic E-state index is 13.2. The third-order valence-corrected chi connectivity index (χ3v) is 5.89. The number of fused-ring (bicyclic) bond motifs is 1. The number of para-hydroxylation sites is 1. The Kier molecular flexibility index (Phi) is 4.13. The van der Waals surface area contributed by atoms with Gasteiger partial charge >= 0.3 is 0 Å². The molecule has 0 radical (unpaired) electrons. The first kappa shape index (κ1) is 17.3. The van der Waals surface area contributed by atoms with Crippen molar-refractivity contribution in [2.45, 2.75) is 31.6 Å². The van der Waals surface area contributed by atoms with Gasteiger partial charge in [-0.1, -0.05) is 29.8 Å². The van der Waals surface area contributed by atoms with Crippen LogP contribution < -0.4 is 14.4 Å². The van der Waals surface area contributed by atoms with Crippen LogP contribution in [0.4, 0.5) is 5.69 Å². The number of amides is 1. The van der Waals surface area contributed by atoms with Crippen molar-refractivity contribution in [3.8, 4) is 11.5 Å². The highest BCUT2D eigenvalue weighted by Crippen LogP contribution is 2.46. The van der Waals surface area contributed by atoms with Gasteiger partial charge in [0.15, 0.2) is 17.3 Å². The predicted molar refractivity (Wildman–Crippen MR) is 105 cm³/mol. The van der Waals surface area contributed by atoms with E-state index in [2.05, 4.69) is 0 Å². The van der Waals surface area contributed by atoms with Crippen molar-refractivity contribution < 1.29 is 19.1 Å². The minimum Gasteiger partial charge on any atom is -0.454 e. The lowest BCUT2D eigenvalue weighted by atomic mass is 9.77. The second-order valence-electron chi connectivity index (χ2n) is 7.19. The smallest absolute Gasteiger partial charge is 0.232 e. The summed E-state index contributed by atoms with van der Waals surface area (Å²) in [5.41, 5.74) is 3.05. The summed E-state index contributed by atoms with van der Waals surface area (Å²) in [4.78, 5) is 27.8. The van der Waals surface area contributed by atoms with Gasteiger partial charge in [0.25, 0.3) is 0 Å². The molecule has 5 rings (SSSR count). The van der Waals surface area contributed by atoms with Crippen LogP contribution in [0.15, 0.2) is 53.7 Å². The molecule has 1 atom stereocenters. The number of carbonyl (C=O) groups excluding carboxylic acids is 2. The van der Waals surface area contributed by atoms with Gasteiger partial charge in [0, 0.05) is 30.0 Å². The Hall–Kier alpha value is -2.79. The predicted octanol–water partition coefficient (Wildman–Crippen LogP) is 4.60. The summed E-state index contributed by atoms with van der Waals surface area (Å²) in [6, 6.07) is 12.9. The van der Waals surface area contributed by atoms with Crippen LogP contribution in [-0.2, 0) is 9.59 Å². The van der Waals surface area contributed by atoms with Crippen molar-refractivity contribution in [2.24, 2.45) is 0 Å². The molecule has 0 bridgehead atoms. The normalized spacial score (nSPS) is 21.2. The average Bonchev–Trinajstić information content (AvgIpc) is 3.16. The van der Waals surface area contributed by atoms with Crippen molar-refractivity contribution in [3.63, 3.8) is 0 Å². The zero-order chi connectivity index (χ0) is 19.3. The Bertz CT molecular complexity index is 1030. The van der Waals surface area contributed by atoms with Crippen LogP contribution in [0, 0.1) is 0 Å². The van der Waals surface area contributed by atoms with E-state index in [4.69, 9.17) is 21.1 Å². The van der Waals surface area contributed by atoms with Crippen molar-refractivity contribution in [2.75, 3.05) is 11.7 Å². The molecule has 142 valence electrons. The highest BCUT2D eigenvalue weighted by Gasteiger charge is 2.40. The SMILES string of the molecule is O=C1CCCC2=C1C(c1ccc3c(c1)OCO3)CC(=O)N2c1ccccc1Cl.